The van der Waals surface area contributed by atoms with Crippen LogP contribution in [0, 0.1) is 12.7 Å². The van der Waals surface area contributed by atoms with Crippen LogP contribution in [0.3, 0.4) is 0 Å². The molecule has 0 fully saturated rings. The lowest BCUT2D eigenvalue weighted by Crippen LogP contribution is -2.27. The van der Waals surface area contributed by atoms with E-state index >= 15 is 0 Å². The van der Waals surface area contributed by atoms with Crippen molar-refractivity contribution in [1.82, 2.24) is 0 Å². The van der Waals surface area contributed by atoms with Crippen LogP contribution >= 0.6 is 11.6 Å². The minimum Gasteiger partial charge on any atom is -0.494 e. The summed E-state index contributed by atoms with van der Waals surface area (Å²) >= 11 is 5.88. The van der Waals surface area contributed by atoms with Gasteiger partial charge in [0.1, 0.15) is 0 Å². The second-order valence-electron chi connectivity index (χ2n) is 4.70. The summed E-state index contributed by atoms with van der Waals surface area (Å²) in [4.78, 5) is -0.150. The first-order chi connectivity index (χ1) is 10.3. The van der Waals surface area contributed by atoms with Gasteiger partial charge in [0.25, 0.3) is 10.0 Å². The fourth-order valence-corrected chi connectivity index (χ4v) is 3.57. The summed E-state index contributed by atoms with van der Waals surface area (Å²) in [6.45, 7) is 1.75. The smallest absolute Gasteiger partial charge is 0.264 e. The Kier molecular flexibility index (Phi) is 4.63. The number of aryl methyl sites for hydroxylation is 1. The summed E-state index contributed by atoms with van der Waals surface area (Å²) < 4.78 is 44.9. The number of benzene rings is 2. The van der Waals surface area contributed by atoms with Crippen LogP contribution in [-0.4, -0.2) is 22.6 Å². The molecule has 0 aliphatic heterocycles. The first kappa shape index (κ1) is 16.6. The number of sulfonamides is 1. The normalized spacial score (nSPS) is 11.3. The van der Waals surface area contributed by atoms with E-state index in [-0.39, 0.29) is 10.6 Å². The molecule has 0 aromatic heterocycles. The van der Waals surface area contributed by atoms with Crippen LogP contribution in [0.15, 0.2) is 41.3 Å². The molecule has 0 aliphatic rings. The van der Waals surface area contributed by atoms with Gasteiger partial charge in [-0.3, -0.25) is 4.31 Å². The highest BCUT2D eigenvalue weighted by atomic mass is 35.5. The molecule has 0 unspecified atom stereocenters. The van der Waals surface area contributed by atoms with Gasteiger partial charge in [-0.15, -0.1) is 0 Å². The predicted molar refractivity (Wildman–Crippen MR) is 84.7 cm³/mol. The van der Waals surface area contributed by atoms with Crippen molar-refractivity contribution in [3.8, 4) is 5.75 Å². The average Bonchev–Trinajstić information content (AvgIpc) is 2.46. The fourth-order valence-electron chi connectivity index (χ4n) is 2.07. The SMILES string of the molecule is COc1ccc(S(=O)(=O)N(C)c2ccc(Cl)cc2C)cc1F. The summed E-state index contributed by atoms with van der Waals surface area (Å²) in [6.07, 6.45) is 0. The largest absolute Gasteiger partial charge is 0.494 e. The average molecular weight is 344 g/mol. The third kappa shape index (κ3) is 3.03. The van der Waals surface area contributed by atoms with Gasteiger partial charge in [0.15, 0.2) is 11.6 Å². The molecule has 0 saturated heterocycles. The lowest BCUT2D eigenvalue weighted by atomic mass is 10.2. The van der Waals surface area contributed by atoms with Crippen LogP contribution < -0.4 is 9.04 Å². The van der Waals surface area contributed by atoms with Gasteiger partial charge in [-0.1, -0.05) is 11.6 Å². The van der Waals surface area contributed by atoms with Crippen LogP contribution in [0.1, 0.15) is 5.56 Å². The van der Waals surface area contributed by atoms with Crippen molar-refractivity contribution in [2.45, 2.75) is 11.8 Å². The van der Waals surface area contributed by atoms with Crippen LogP contribution in [0.4, 0.5) is 10.1 Å². The van der Waals surface area contributed by atoms with Gasteiger partial charge in [0.05, 0.1) is 17.7 Å². The Morgan fingerprint density at radius 3 is 2.41 bits per heavy atom. The van der Waals surface area contributed by atoms with E-state index in [0.717, 1.165) is 10.4 Å². The number of halogens is 2. The maximum atomic E-state index is 13.8. The molecule has 2 aromatic carbocycles. The Morgan fingerprint density at radius 1 is 1.18 bits per heavy atom. The quantitative estimate of drug-likeness (QED) is 0.851. The molecule has 0 amide bonds. The summed E-state index contributed by atoms with van der Waals surface area (Å²) in [7, 11) is -1.15. The Morgan fingerprint density at radius 2 is 1.86 bits per heavy atom. The molecular formula is C15H15ClFNO3S. The summed E-state index contributed by atoms with van der Waals surface area (Å²) in [5, 5.41) is 0.516. The Hall–Kier alpha value is -1.79. The number of methoxy groups -OCH3 is 1. The lowest BCUT2D eigenvalue weighted by molar-refractivity contribution is 0.385. The first-order valence-corrected chi connectivity index (χ1v) is 8.18. The zero-order valence-electron chi connectivity index (χ0n) is 12.3. The Labute approximate surface area is 134 Å². The molecule has 0 N–H and O–H groups in total. The second kappa shape index (κ2) is 6.14. The summed E-state index contributed by atoms with van der Waals surface area (Å²) in [6, 6.07) is 8.40. The third-order valence-corrected chi connectivity index (χ3v) is 5.28. The molecule has 22 heavy (non-hydrogen) atoms. The van der Waals surface area contributed by atoms with Crippen molar-refractivity contribution in [3.05, 3.63) is 52.8 Å². The standard InChI is InChI=1S/C15H15ClFNO3S/c1-10-8-11(16)4-6-14(10)18(2)22(19,20)12-5-7-15(21-3)13(17)9-12/h4-9H,1-3H3. The van der Waals surface area contributed by atoms with E-state index in [2.05, 4.69) is 0 Å². The number of hydrogen-bond acceptors (Lipinski definition) is 3. The molecule has 0 atom stereocenters. The van der Waals surface area contributed by atoms with Gasteiger partial charge < -0.3 is 4.74 Å². The van der Waals surface area contributed by atoms with E-state index in [0.29, 0.717) is 16.3 Å². The molecule has 4 nitrogen and oxygen atoms in total. The zero-order chi connectivity index (χ0) is 16.5. The van der Waals surface area contributed by atoms with Crippen LogP contribution in [0.25, 0.3) is 0 Å². The van der Waals surface area contributed by atoms with Gasteiger partial charge in [0, 0.05) is 12.1 Å². The first-order valence-electron chi connectivity index (χ1n) is 6.36. The van der Waals surface area contributed by atoms with Gasteiger partial charge in [0.2, 0.25) is 0 Å². The summed E-state index contributed by atoms with van der Waals surface area (Å²) in [5.74, 6) is -0.742. The Bertz CT molecular complexity index is 808. The van der Waals surface area contributed by atoms with Gasteiger partial charge in [-0.2, -0.15) is 0 Å². The number of ether oxygens (including phenoxy) is 1. The lowest BCUT2D eigenvalue weighted by Gasteiger charge is -2.21. The maximum Gasteiger partial charge on any atom is 0.264 e. The zero-order valence-corrected chi connectivity index (χ0v) is 13.9. The second-order valence-corrected chi connectivity index (χ2v) is 7.11. The highest BCUT2D eigenvalue weighted by Crippen LogP contribution is 2.29. The number of nitrogens with zero attached hydrogens (tertiary/aromatic N) is 1. The molecule has 0 radical (unpaired) electrons. The molecule has 0 heterocycles. The molecule has 0 aliphatic carbocycles. The van der Waals surface area contributed by atoms with Crippen molar-refractivity contribution in [2.24, 2.45) is 0 Å². The topological polar surface area (TPSA) is 46.6 Å². The molecule has 0 spiro atoms. The van der Waals surface area contributed by atoms with E-state index in [1.807, 2.05) is 0 Å². The van der Waals surface area contributed by atoms with Crippen LogP contribution in [-0.2, 0) is 10.0 Å². The summed E-state index contributed by atoms with van der Waals surface area (Å²) in [5.41, 5.74) is 1.17. The highest BCUT2D eigenvalue weighted by Gasteiger charge is 2.23. The fraction of sp³-hybridized carbons (Fsp3) is 0.200. The molecular weight excluding hydrogens is 329 g/mol. The third-order valence-electron chi connectivity index (χ3n) is 3.28. The minimum atomic E-state index is -3.88. The molecule has 0 saturated carbocycles. The molecule has 2 rings (SSSR count). The molecule has 7 heteroatoms. The monoisotopic (exact) mass is 343 g/mol. The van der Waals surface area contributed by atoms with E-state index in [1.165, 1.54) is 26.3 Å². The van der Waals surface area contributed by atoms with Crippen molar-refractivity contribution < 1.29 is 17.5 Å². The molecule has 0 bridgehead atoms. The predicted octanol–water partition coefficient (Wildman–Crippen LogP) is 3.62. The van der Waals surface area contributed by atoms with Gasteiger partial charge in [-0.25, -0.2) is 12.8 Å². The number of anilines is 1. The number of hydrogen-bond donors (Lipinski definition) is 0. The Balaban J connectivity index is 2.47. The van der Waals surface area contributed by atoms with E-state index in [9.17, 15) is 12.8 Å². The highest BCUT2D eigenvalue weighted by molar-refractivity contribution is 7.92. The van der Waals surface area contributed by atoms with Crippen molar-refractivity contribution in [3.63, 3.8) is 0 Å². The van der Waals surface area contributed by atoms with Crippen molar-refractivity contribution >= 4 is 27.3 Å². The van der Waals surface area contributed by atoms with Crippen molar-refractivity contribution in [1.29, 1.82) is 0 Å². The van der Waals surface area contributed by atoms with Crippen LogP contribution in [0.2, 0.25) is 5.02 Å². The van der Waals surface area contributed by atoms with Gasteiger partial charge in [-0.05, 0) is 48.9 Å². The minimum absolute atomic E-state index is 0.00993. The van der Waals surface area contributed by atoms with Crippen molar-refractivity contribution in [2.75, 3.05) is 18.5 Å². The van der Waals surface area contributed by atoms with E-state index < -0.39 is 15.8 Å². The van der Waals surface area contributed by atoms with E-state index in [1.54, 1.807) is 25.1 Å². The maximum absolute atomic E-state index is 13.8. The molecule has 2 aromatic rings. The van der Waals surface area contributed by atoms with Crippen LogP contribution in [0.5, 0.6) is 5.75 Å². The molecule has 118 valence electrons. The number of rotatable bonds is 4. The van der Waals surface area contributed by atoms with Gasteiger partial charge >= 0.3 is 0 Å². The van der Waals surface area contributed by atoms with E-state index in [4.69, 9.17) is 16.3 Å².